The van der Waals surface area contributed by atoms with Crippen molar-refractivity contribution in [1.82, 2.24) is 15.2 Å². The minimum absolute atomic E-state index is 0.0935. The summed E-state index contributed by atoms with van der Waals surface area (Å²) < 4.78 is 0. The molecular formula is C19H25N3OS. The van der Waals surface area contributed by atoms with Crippen molar-refractivity contribution in [2.75, 3.05) is 19.6 Å². The van der Waals surface area contributed by atoms with Crippen molar-refractivity contribution < 1.29 is 4.79 Å². The van der Waals surface area contributed by atoms with E-state index in [-0.39, 0.29) is 5.91 Å². The van der Waals surface area contributed by atoms with Gasteiger partial charge in [-0.2, -0.15) is 0 Å². The lowest BCUT2D eigenvalue weighted by atomic mass is 9.98. The summed E-state index contributed by atoms with van der Waals surface area (Å²) in [5, 5.41) is 5.24. The predicted octanol–water partition coefficient (Wildman–Crippen LogP) is 3.02. The monoisotopic (exact) mass is 343 g/mol. The average Bonchev–Trinajstić information content (AvgIpc) is 3.08. The van der Waals surface area contributed by atoms with Gasteiger partial charge in [-0.3, -0.25) is 14.7 Å². The number of piperidine rings is 1. The lowest BCUT2D eigenvalue weighted by molar-refractivity contribution is -0.120. The fourth-order valence-corrected chi connectivity index (χ4v) is 3.94. The number of carbonyl (C=O) groups excluding carboxylic acids is 1. The van der Waals surface area contributed by atoms with Crippen molar-refractivity contribution in [3.63, 3.8) is 0 Å². The van der Waals surface area contributed by atoms with Gasteiger partial charge in [0.1, 0.15) is 0 Å². The molecule has 0 bridgehead atoms. The molecule has 1 amide bonds. The standard InChI is InChI=1S/C19H25N3OS/c1-15-6-7-16(11-20-15)10-19(23)21-12-17-4-2-8-22(13-17)14-18-5-3-9-24-18/h3,5-7,9,11,17H,2,4,8,10,12-14H2,1H3,(H,21,23)/t17-/m0/s1. The Labute approximate surface area is 147 Å². The van der Waals surface area contributed by atoms with Crippen LogP contribution in [0.3, 0.4) is 0 Å². The maximum Gasteiger partial charge on any atom is 0.224 e. The van der Waals surface area contributed by atoms with Crippen molar-refractivity contribution in [1.29, 1.82) is 0 Å². The molecule has 0 radical (unpaired) electrons. The molecule has 2 aromatic heterocycles. The Morgan fingerprint density at radius 1 is 1.42 bits per heavy atom. The van der Waals surface area contributed by atoms with E-state index in [0.717, 1.165) is 37.4 Å². The van der Waals surface area contributed by atoms with E-state index in [4.69, 9.17) is 0 Å². The first-order valence-electron chi connectivity index (χ1n) is 8.62. The van der Waals surface area contributed by atoms with Crippen LogP contribution in [0.15, 0.2) is 35.8 Å². The second-order valence-electron chi connectivity index (χ2n) is 6.61. The first-order valence-corrected chi connectivity index (χ1v) is 9.50. The molecule has 1 fully saturated rings. The molecule has 1 aliphatic heterocycles. The van der Waals surface area contributed by atoms with Gasteiger partial charge in [0, 0.05) is 36.4 Å². The summed E-state index contributed by atoms with van der Waals surface area (Å²) in [4.78, 5) is 20.3. The zero-order valence-electron chi connectivity index (χ0n) is 14.2. The van der Waals surface area contributed by atoms with Crippen LogP contribution in [0.25, 0.3) is 0 Å². The highest BCUT2D eigenvalue weighted by Crippen LogP contribution is 2.20. The number of nitrogens with zero attached hydrogens (tertiary/aromatic N) is 2. The number of aryl methyl sites for hydroxylation is 1. The van der Waals surface area contributed by atoms with Crippen molar-refractivity contribution in [3.8, 4) is 0 Å². The Morgan fingerprint density at radius 3 is 3.08 bits per heavy atom. The molecule has 1 saturated heterocycles. The fraction of sp³-hybridized carbons (Fsp3) is 0.474. The van der Waals surface area contributed by atoms with Crippen LogP contribution in [0.2, 0.25) is 0 Å². The lowest BCUT2D eigenvalue weighted by Crippen LogP contribution is -2.40. The molecule has 0 spiro atoms. The summed E-state index contributed by atoms with van der Waals surface area (Å²) in [6, 6.07) is 8.24. The van der Waals surface area contributed by atoms with Crippen LogP contribution >= 0.6 is 11.3 Å². The normalized spacial score (nSPS) is 18.5. The van der Waals surface area contributed by atoms with Gasteiger partial charge in [-0.05, 0) is 55.3 Å². The average molecular weight is 343 g/mol. The van der Waals surface area contributed by atoms with Gasteiger partial charge in [0.2, 0.25) is 5.91 Å². The molecule has 4 nitrogen and oxygen atoms in total. The molecular weight excluding hydrogens is 318 g/mol. The molecule has 0 aromatic carbocycles. The Bertz CT molecular complexity index is 639. The minimum atomic E-state index is 0.0935. The van der Waals surface area contributed by atoms with Gasteiger partial charge in [0.05, 0.1) is 6.42 Å². The summed E-state index contributed by atoms with van der Waals surface area (Å²) in [7, 11) is 0. The molecule has 2 aromatic rings. The van der Waals surface area contributed by atoms with Gasteiger partial charge in [0.25, 0.3) is 0 Å². The summed E-state index contributed by atoms with van der Waals surface area (Å²) >= 11 is 1.82. The zero-order chi connectivity index (χ0) is 16.8. The van der Waals surface area contributed by atoms with Crippen molar-refractivity contribution in [3.05, 3.63) is 52.0 Å². The third kappa shape index (κ3) is 5.14. The topological polar surface area (TPSA) is 45.2 Å². The van der Waals surface area contributed by atoms with E-state index in [1.165, 1.54) is 17.7 Å². The maximum atomic E-state index is 12.1. The molecule has 5 heteroatoms. The zero-order valence-corrected chi connectivity index (χ0v) is 15.0. The van der Waals surface area contributed by atoms with Gasteiger partial charge in [-0.25, -0.2) is 0 Å². The van der Waals surface area contributed by atoms with E-state index in [0.29, 0.717) is 12.3 Å². The third-order valence-corrected chi connectivity index (χ3v) is 5.35. The predicted molar refractivity (Wildman–Crippen MR) is 98.0 cm³/mol. The van der Waals surface area contributed by atoms with Crippen LogP contribution in [0, 0.1) is 12.8 Å². The number of nitrogens with one attached hydrogen (secondary N) is 1. The highest BCUT2D eigenvalue weighted by atomic mass is 32.1. The SMILES string of the molecule is Cc1ccc(CC(=O)NC[C@@H]2CCCN(Cc3cccs3)C2)cn1. The molecule has 128 valence electrons. The van der Waals surface area contributed by atoms with E-state index in [1.54, 1.807) is 6.20 Å². The first-order chi connectivity index (χ1) is 11.7. The minimum Gasteiger partial charge on any atom is -0.355 e. The second-order valence-corrected chi connectivity index (χ2v) is 7.64. The lowest BCUT2D eigenvalue weighted by Gasteiger charge is -2.32. The quantitative estimate of drug-likeness (QED) is 0.877. The van der Waals surface area contributed by atoms with E-state index in [1.807, 2.05) is 30.4 Å². The van der Waals surface area contributed by atoms with Gasteiger partial charge < -0.3 is 5.32 Å². The van der Waals surface area contributed by atoms with E-state index >= 15 is 0 Å². The van der Waals surface area contributed by atoms with E-state index < -0.39 is 0 Å². The molecule has 24 heavy (non-hydrogen) atoms. The number of hydrogen-bond acceptors (Lipinski definition) is 4. The summed E-state index contributed by atoms with van der Waals surface area (Å²) in [5.41, 5.74) is 1.95. The fourth-order valence-electron chi connectivity index (χ4n) is 3.19. The van der Waals surface area contributed by atoms with Crippen LogP contribution in [-0.2, 0) is 17.8 Å². The Balaban J connectivity index is 1.42. The summed E-state index contributed by atoms with van der Waals surface area (Å²) in [6.07, 6.45) is 4.62. The molecule has 1 N–H and O–H groups in total. The van der Waals surface area contributed by atoms with E-state index in [2.05, 4.69) is 32.7 Å². The largest absolute Gasteiger partial charge is 0.355 e. The number of thiophene rings is 1. The van der Waals surface area contributed by atoms with Crippen LogP contribution in [-0.4, -0.2) is 35.4 Å². The number of carbonyl (C=O) groups is 1. The molecule has 3 rings (SSSR count). The number of hydrogen-bond donors (Lipinski definition) is 1. The van der Waals surface area contributed by atoms with Crippen molar-refractivity contribution >= 4 is 17.2 Å². The molecule has 0 aliphatic carbocycles. The van der Waals surface area contributed by atoms with Crippen molar-refractivity contribution in [2.45, 2.75) is 32.7 Å². The van der Waals surface area contributed by atoms with Crippen molar-refractivity contribution in [2.24, 2.45) is 5.92 Å². The van der Waals surface area contributed by atoms with Crippen LogP contribution < -0.4 is 5.32 Å². The Kier molecular flexibility index (Phi) is 5.99. The van der Waals surface area contributed by atoms with Crippen LogP contribution in [0.1, 0.15) is 29.0 Å². The number of pyridine rings is 1. The summed E-state index contributed by atoms with van der Waals surface area (Å²) in [5.74, 6) is 0.648. The number of aromatic nitrogens is 1. The molecule has 1 aliphatic rings. The smallest absolute Gasteiger partial charge is 0.224 e. The molecule has 1 atom stereocenters. The summed E-state index contributed by atoms with van der Waals surface area (Å²) in [6.45, 7) is 6.01. The first kappa shape index (κ1) is 17.1. The molecule has 3 heterocycles. The van der Waals surface area contributed by atoms with Crippen LogP contribution in [0.5, 0.6) is 0 Å². The number of likely N-dealkylation sites (tertiary alicyclic amines) is 1. The second kappa shape index (κ2) is 8.40. The van der Waals surface area contributed by atoms with Gasteiger partial charge >= 0.3 is 0 Å². The molecule has 0 saturated carbocycles. The Hall–Kier alpha value is -1.72. The highest BCUT2D eigenvalue weighted by Gasteiger charge is 2.20. The molecule has 0 unspecified atom stereocenters. The number of rotatable bonds is 6. The number of amides is 1. The van der Waals surface area contributed by atoms with Crippen LogP contribution in [0.4, 0.5) is 0 Å². The maximum absolute atomic E-state index is 12.1. The van der Waals surface area contributed by atoms with Gasteiger partial charge in [0.15, 0.2) is 0 Å². The Morgan fingerprint density at radius 2 is 2.33 bits per heavy atom. The third-order valence-electron chi connectivity index (χ3n) is 4.49. The van der Waals surface area contributed by atoms with Gasteiger partial charge in [-0.1, -0.05) is 12.1 Å². The van der Waals surface area contributed by atoms with Gasteiger partial charge in [-0.15, -0.1) is 11.3 Å². The van der Waals surface area contributed by atoms with E-state index in [9.17, 15) is 4.79 Å². The highest BCUT2D eigenvalue weighted by molar-refractivity contribution is 7.09.